The van der Waals surface area contributed by atoms with Gasteiger partial charge in [0.2, 0.25) is 5.91 Å². The van der Waals surface area contributed by atoms with Gasteiger partial charge in [0, 0.05) is 28.6 Å². The monoisotopic (exact) mass is 422 g/mol. The van der Waals surface area contributed by atoms with E-state index in [0.717, 1.165) is 10.4 Å². The molecule has 3 aromatic rings. The third-order valence-corrected chi connectivity index (χ3v) is 5.62. The highest BCUT2D eigenvalue weighted by Gasteiger charge is 2.08. The van der Waals surface area contributed by atoms with Gasteiger partial charge in [-0.1, -0.05) is 65.1 Å². The Labute approximate surface area is 170 Å². The van der Waals surface area contributed by atoms with E-state index in [9.17, 15) is 4.79 Å². The molecule has 132 valence electrons. The first kappa shape index (κ1) is 18.9. The number of thiazole rings is 1. The molecule has 0 spiro atoms. The van der Waals surface area contributed by atoms with Gasteiger partial charge in [0.1, 0.15) is 0 Å². The van der Waals surface area contributed by atoms with Crippen molar-refractivity contribution in [2.75, 3.05) is 5.32 Å². The van der Waals surface area contributed by atoms with E-state index in [-0.39, 0.29) is 5.91 Å². The van der Waals surface area contributed by atoms with Crippen LogP contribution in [0.15, 0.2) is 54.7 Å². The van der Waals surface area contributed by atoms with Gasteiger partial charge in [-0.15, -0.1) is 11.3 Å². The van der Waals surface area contributed by atoms with E-state index in [1.807, 2.05) is 24.3 Å². The molecular weight excluding hydrogens is 411 g/mol. The number of nitrogens with zero attached hydrogens (tertiary/aromatic N) is 1. The van der Waals surface area contributed by atoms with Gasteiger partial charge in [-0.25, -0.2) is 4.98 Å². The van der Waals surface area contributed by atoms with Gasteiger partial charge in [0.15, 0.2) is 5.13 Å². The van der Waals surface area contributed by atoms with E-state index in [1.54, 1.807) is 30.5 Å². The second kappa shape index (κ2) is 8.69. The second-order valence-corrected chi connectivity index (χ2v) is 7.67. The number of rotatable bonds is 5. The molecule has 0 saturated heterocycles. The van der Waals surface area contributed by atoms with Crippen molar-refractivity contribution in [1.29, 1.82) is 0 Å². The van der Waals surface area contributed by atoms with Crippen LogP contribution in [0.2, 0.25) is 15.1 Å². The third-order valence-electron chi connectivity index (χ3n) is 3.50. The Balaban J connectivity index is 1.63. The molecule has 0 unspecified atom stereocenters. The minimum absolute atomic E-state index is 0.292. The van der Waals surface area contributed by atoms with Crippen LogP contribution in [-0.2, 0) is 11.2 Å². The van der Waals surface area contributed by atoms with Crippen LogP contribution in [-0.4, -0.2) is 10.9 Å². The number of amides is 1. The maximum absolute atomic E-state index is 12.1. The van der Waals surface area contributed by atoms with E-state index < -0.39 is 0 Å². The van der Waals surface area contributed by atoms with Crippen molar-refractivity contribution in [3.05, 3.63) is 85.8 Å². The van der Waals surface area contributed by atoms with E-state index in [0.29, 0.717) is 32.2 Å². The molecule has 26 heavy (non-hydrogen) atoms. The zero-order valence-electron chi connectivity index (χ0n) is 13.4. The lowest BCUT2D eigenvalue weighted by molar-refractivity contribution is -0.111. The molecule has 0 bridgehead atoms. The fourth-order valence-corrected chi connectivity index (χ4v) is 3.65. The fourth-order valence-electron chi connectivity index (χ4n) is 2.24. The molecule has 0 aliphatic carbocycles. The zero-order valence-corrected chi connectivity index (χ0v) is 16.5. The molecule has 1 amide bonds. The van der Waals surface area contributed by atoms with Crippen LogP contribution in [0.25, 0.3) is 6.08 Å². The molecule has 0 saturated carbocycles. The number of anilines is 1. The average Bonchev–Trinajstić information content (AvgIpc) is 3.05. The molecule has 3 rings (SSSR count). The van der Waals surface area contributed by atoms with Gasteiger partial charge in [-0.2, -0.15) is 0 Å². The molecular formula is C19H13Cl3N2OS. The van der Waals surface area contributed by atoms with Gasteiger partial charge in [0.25, 0.3) is 0 Å². The largest absolute Gasteiger partial charge is 0.298 e. The average molecular weight is 424 g/mol. The summed E-state index contributed by atoms with van der Waals surface area (Å²) < 4.78 is 0. The predicted molar refractivity (Wildman–Crippen MR) is 110 cm³/mol. The summed E-state index contributed by atoms with van der Waals surface area (Å²) in [6.07, 6.45) is 5.41. The molecule has 2 aromatic carbocycles. The van der Waals surface area contributed by atoms with E-state index in [1.165, 1.54) is 17.4 Å². The Morgan fingerprint density at radius 2 is 1.85 bits per heavy atom. The van der Waals surface area contributed by atoms with Crippen molar-refractivity contribution in [2.45, 2.75) is 6.42 Å². The van der Waals surface area contributed by atoms with E-state index in [2.05, 4.69) is 10.3 Å². The van der Waals surface area contributed by atoms with Crippen LogP contribution >= 0.6 is 46.1 Å². The summed E-state index contributed by atoms with van der Waals surface area (Å²) in [5.41, 5.74) is 1.69. The SMILES string of the molecule is O=C(/C=C/c1cccc(Cl)c1Cl)Nc1ncc(Cc2ccccc2Cl)s1. The summed E-state index contributed by atoms with van der Waals surface area (Å²) in [5, 5.41) is 4.84. The molecule has 0 radical (unpaired) electrons. The summed E-state index contributed by atoms with van der Waals surface area (Å²) in [6, 6.07) is 12.9. The molecule has 7 heteroatoms. The van der Waals surface area contributed by atoms with Crippen LogP contribution in [0.3, 0.4) is 0 Å². The third kappa shape index (κ3) is 4.86. The van der Waals surface area contributed by atoms with Crippen LogP contribution in [0.1, 0.15) is 16.0 Å². The number of halogens is 3. The van der Waals surface area contributed by atoms with Gasteiger partial charge >= 0.3 is 0 Å². The molecule has 1 aromatic heterocycles. The molecule has 3 nitrogen and oxygen atoms in total. The van der Waals surface area contributed by atoms with Crippen molar-refractivity contribution in [2.24, 2.45) is 0 Å². The fraction of sp³-hybridized carbons (Fsp3) is 0.0526. The predicted octanol–water partition coefficient (Wildman–Crippen LogP) is 6.35. The van der Waals surface area contributed by atoms with Crippen molar-refractivity contribution >= 4 is 63.3 Å². The molecule has 0 aliphatic heterocycles. The van der Waals surface area contributed by atoms with Gasteiger partial charge in [0.05, 0.1) is 10.0 Å². The minimum Gasteiger partial charge on any atom is -0.298 e. The summed E-state index contributed by atoms with van der Waals surface area (Å²) in [6.45, 7) is 0. The number of carbonyl (C=O) groups excluding carboxylic acids is 1. The molecule has 0 aliphatic rings. The van der Waals surface area contributed by atoms with E-state index in [4.69, 9.17) is 34.8 Å². The Bertz CT molecular complexity index is 969. The lowest BCUT2D eigenvalue weighted by Gasteiger charge is -2.01. The maximum Gasteiger partial charge on any atom is 0.250 e. The Morgan fingerprint density at radius 3 is 2.65 bits per heavy atom. The lowest BCUT2D eigenvalue weighted by Crippen LogP contribution is -2.07. The minimum atomic E-state index is -0.292. The topological polar surface area (TPSA) is 42.0 Å². The van der Waals surface area contributed by atoms with Gasteiger partial charge in [-0.05, 0) is 29.3 Å². The highest BCUT2D eigenvalue weighted by atomic mass is 35.5. The zero-order chi connectivity index (χ0) is 18.5. The first-order chi connectivity index (χ1) is 12.5. The van der Waals surface area contributed by atoms with Crippen LogP contribution in [0.5, 0.6) is 0 Å². The number of benzene rings is 2. The smallest absolute Gasteiger partial charge is 0.250 e. The van der Waals surface area contributed by atoms with E-state index >= 15 is 0 Å². The Morgan fingerprint density at radius 1 is 1.08 bits per heavy atom. The number of carbonyl (C=O) groups is 1. The van der Waals surface area contributed by atoms with Gasteiger partial charge < -0.3 is 0 Å². The highest BCUT2D eigenvalue weighted by Crippen LogP contribution is 2.27. The number of hydrogen-bond donors (Lipinski definition) is 1. The van der Waals surface area contributed by atoms with Crippen LogP contribution in [0, 0.1) is 0 Å². The first-order valence-electron chi connectivity index (χ1n) is 7.64. The van der Waals surface area contributed by atoms with Crippen molar-refractivity contribution in [1.82, 2.24) is 4.98 Å². The summed E-state index contributed by atoms with van der Waals surface area (Å²) in [7, 11) is 0. The molecule has 0 atom stereocenters. The first-order valence-corrected chi connectivity index (χ1v) is 9.59. The van der Waals surface area contributed by atoms with Crippen molar-refractivity contribution in [3.8, 4) is 0 Å². The Kier molecular flexibility index (Phi) is 6.33. The standard InChI is InChI=1S/C19H13Cl3N2OS/c20-15-6-2-1-4-13(15)10-14-11-23-19(26-14)24-17(25)9-8-12-5-3-7-16(21)18(12)22/h1-9,11H,10H2,(H,23,24,25)/b9-8+. The molecule has 1 N–H and O–H groups in total. The molecule has 1 heterocycles. The summed E-state index contributed by atoms with van der Waals surface area (Å²) >= 11 is 19.6. The second-order valence-electron chi connectivity index (χ2n) is 5.37. The highest BCUT2D eigenvalue weighted by molar-refractivity contribution is 7.15. The van der Waals surface area contributed by atoms with Crippen LogP contribution in [0.4, 0.5) is 5.13 Å². The van der Waals surface area contributed by atoms with Gasteiger partial charge in [-0.3, -0.25) is 10.1 Å². The normalized spacial score (nSPS) is 11.0. The molecule has 0 fully saturated rings. The number of aromatic nitrogens is 1. The summed E-state index contributed by atoms with van der Waals surface area (Å²) in [4.78, 5) is 17.3. The quantitative estimate of drug-likeness (QED) is 0.486. The van der Waals surface area contributed by atoms with Crippen molar-refractivity contribution < 1.29 is 4.79 Å². The number of hydrogen-bond acceptors (Lipinski definition) is 3. The number of nitrogens with one attached hydrogen (secondary N) is 1. The summed E-state index contributed by atoms with van der Waals surface area (Å²) in [5.74, 6) is -0.292. The maximum atomic E-state index is 12.1. The Hall–Kier alpha value is -1.85. The lowest BCUT2D eigenvalue weighted by atomic mass is 10.1. The van der Waals surface area contributed by atoms with Crippen LogP contribution < -0.4 is 5.32 Å². The van der Waals surface area contributed by atoms with Crippen molar-refractivity contribution in [3.63, 3.8) is 0 Å².